The van der Waals surface area contributed by atoms with E-state index in [-0.39, 0.29) is 35.4 Å². The van der Waals surface area contributed by atoms with E-state index >= 15 is 0 Å². The first kappa shape index (κ1) is 21.2. The topological polar surface area (TPSA) is 96.0 Å². The van der Waals surface area contributed by atoms with Crippen LogP contribution in [0.5, 0.6) is 5.75 Å². The van der Waals surface area contributed by atoms with E-state index in [2.05, 4.69) is 24.1 Å². The van der Waals surface area contributed by atoms with E-state index in [9.17, 15) is 18.0 Å². The van der Waals surface area contributed by atoms with Crippen molar-refractivity contribution in [3.05, 3.63) is 18.2 Å². The molecular formula is C18H27N3O5S. The van der Waals surface area contributed by atoms with Crippen molar-refractivity contribution >= 4 is 27.4 Å². The van der Waals surface area contributed by atoms with E-state index in [1.165, 1.54) is 12.1 Å². The van der Waals surface area contributed by atoms with Crippen molar-refractivity contribution in [2.45, 2.75) is 25.7 Å². The van der Waals surface area contributed by atoms with Gasteiger partial charge in [0.2, 0.25) is 5.91 Å². The van der Waals surface area contributed by atoms with Crippen LogP contribution in [0.2, 0.25) is 0 Å². The SMILES string of the molecule is CCN(CC)CCNC(=O)CN1CC(=O)Oc2cc(S(=O)(=O)CC)ccc21. The molecule has 0 bridgehead atoms. The van der Waals surface area contributed by atoms with Crippen molar-refractivity contribution in [1.82, 2.24) is 10.2 Å². The third kappa shape index (κ3) is 5.43. The molecule has 0 unspecified atom stereocenters. The van der Waals surface area contributed by atoms with Crippen LogP contribution in [0.3, 0.4) is 0 Å². The minimum Gasteiger partial charge on any atom is -0.423 e. The number of carbonyl (C=O) groups is 2. The van der Waals surface area contributed by atoms with Crippen LogP contribution in [-0.2, 0) is 19.4 Å². The quantitative estimate of drug-likeness (QED) is 0.483. The second-order valence-corrected chi connectivity index (χ2v) is 8.52. The minimum atomic E-state index is -3.41. The van der Waals surface area contributed by atoms with Gasteiger partial charge in [0.1, 0.15) is 6.54 Å². The number of likely N-dealkylation sites (N-methyl/N-ethyl adjacent to an activating group) is 1. The largest absolute Gasteiger partial charge is 0.423 e. The normalized spacial score (nSPS) is 14.1. The zero-order valence-corrected chi connectivity index (χ0v) is 16.8. The molecule has 27 heavy (non-hydrogen) atoms. The fourth-order valence-electron chi connectivity index (χ4n) is 2.86. The first-order valence-electron chi connectivity index (χ1n) is 9.12. The van der Waals surface area contributed by atoms with Crippen molar-refractivity contribution in [2.75, 3.05) is 49.9 Å². The third-order valence-corrected chi connectivity index (χ3v) is 6.27. The van der Waals surface area contributed by atoms with Crippen LogP contribution >= 0.6 is 0 Å². The summed E-state index contributed by atoms with van der Waals surface area (Å²) in [6.45, 7) is 8.74. The Kier molecular flexibility index (Phi) is 7.20. The zero-order valence-electron chi connectivity index (χ0n) is 16.0. The Bertz CT molecular complexity index is 790. The van der Waals surface area contributed by atoms with Gasteiger partial charge in [-0.25, -0.2) is 13.2 Å². The number of hydrogen-bond donors (Lipinski definition) is 1. The molecule has 8 nitrogen and oxygen atoms in total. The van der Waals surface area contributed by atoms with Gasteiger partial charge in [-0.2, -0.15) is 0 Å². The number of amides is 1. The molecule has 9 heteroatoms. The summed E-state index contributed by atoms with van der Waals surface area (Å²) < 4.78 is 29.2. The summed E-state index contributed by atoms with van der Waals surface area (Å²) in [5.41, 5.74) is 0.531. The molecule has 0 aliphatic carbocycles. The number of hydrogen-bond acceptors (Lipinski definition) is 7. The van der Waals surface area contributed by atoms with Crippen LogP contribution in [-0.4, -0.2) is 70.2 Å². The molecule has 2 rings (SSSR count). The molecule has 0 saturated carbocycles. The average Bonchev–Trinajstić information content (AvgIpc) is 2.64. The van der Waals surface area contributed by atoms with Crippen molar-refractivity contribution in [1.29, 1.82) is 0 Å². The maximum absolute atomic E-state index is 12.2. The first-order valence-corrected chi connectivity index (χ1v) is 10.8. The van der Waals surface area contributed by atoms with Crippen LogP contribution in [0, 0.1) is 0 Å². The molecule has 1 aromatic rings. The number of rotatable bonds is 9. The molecule has 0 fully saturated rings. The predicted octanol–water partition coefficient (Wildman–Crippen LogP) is 0.664. The summed E-state index contributed by atoms with van der Waals surface area (Å²) in [6.07, 6.45) is 0. The number of benzene rings is 1. The van der Waals surface area contributed by atoms with E-state index in [0.717, 1.165) is 19.6 Å². The van der Waals surface area contributed by atoms with Crippen molar-refractivity contribution in [3.63, 3.8) is 0 Å². The van der Waals surface area contributed by atoms with Gasteiger partial charge in [-0.1, -0.05) is 20.8 Å². The summed E-state index contributed by atoms with van der Waals surface area (Å²) in [6, 6.07) is 4.39. The molecule has 0 aromatic heterocycles. The van der Waals surface area contributed by atoms with E-state index in [1.54, 1.807) is 17.9 Å². The number of anilines is 1. The van der Waals surface area contributed by atoms with Gasteiger partial charge in [0.05, 0.1) is 22.9 Å². The van der Waals surface area contributed by atoms with Gasteiger partial charge in [0.15, 0.2) is 15.6 Å². The standard InChI is InChI=1S/C18H27N3O5S/c1-4-20(5-2)10-9-19-17(22)12-21-13-18(23)26-16-11-14(7-8-15(16)21)27(24,25)6-3/h7-8,11H,4-6,9-10,12-13H2,1-3H3,(H,19,22). The van der Waals surface area contributed by atoms with Crippen LogP contribution in [0.15, 0.2) is 23.1 Å². The number of ether oxygens (including phenoxy) is 1. The fourth-order valence-corrected chi connectivity index (χ4v) is 3.75. The number of nitrogens with one attached hydrogen (secondary N) is 1. The zero-order chi connectivity index (χ0) is 20.0. The second kappa shape index (κ2) is 9.18. The molecule has 150 valence electrons. The smallest absolute Gasteiger partial charge is 0.331 e. The lowest BCUT2D eigenvalue weighted by molar-refractivity contribution is -0.133. The monoisotopic (exact) mass is 397 g/mol. The van der Waals surface area contributed by atoms with Gasteiger partial charge < -0.3 is 19.9 Å². The third-order valence-electron chi connectivity index (χ3n) is 4.53. The Morgan fingerprint density at radius 3 is 2.59 bits per heavy atom. The predicted molar refractivity (Wildman–Crippen MR) is 103 cm³/mol. The van der Waals surface area contributed by atoms with E-state index in [1.807, 2.05) is 0 Å². The van der Waals surface area contributed by atoms with Crippen LogP contribution in [0.1, 0.15) is 20.8 Å². The molecule has 0 radical (unpaired) electrons. The summed E-state index contributed by atoms with van der Waals surface area (Å²) in [5.74, 6) is -0.604. The van der Waals surface area contributed by atoms with Crippen molar-refractivity contribution in [2.24, 2.45) is 0 Å². The highest BCUT2D eigenvalue weighted by molar-refractivity contribution is 7.91. The molecular weight excluding hydrogens is 370 g/mol. The van der Waals surface area contributed by atoms with Crippen LogP contribution in [0.25, 0.3) is 0 Å². The van der Waals surface area contributed by atoms with Crippen molar-refractivity contribution < 1.29 is 22.7 Å². The van der Waals surface area contributed by atoms with E-state index in [0.29, 0.717) is 12.2 Å². The maximum atomic E-state index is 12.2. The molecule has 1 N–H and O–H groups in total. The number of esters is 1. The molecule has 1 aliphatic heterocycles. The molecule has 0 atom stereocenters. The fraction of sp³-hybridized carbons (Fsp3) is 0.556. The molecule has 1 amide bonds. The summed E-state index contributed by atoms with van der Waals surface area (Å²) in [4.78, 5) is 28.0. The summed E-state index contributed by atoms with van der Waals surface area (Å²) in [5, 5.41) is 2.85. The summed E-state index contributed by atoms with van der Waals surface area (Å²) >= 11 is 0. The second-order valence-electron chi connectivity index (χ2n) is 6.24. The van der Waals surface area contributed by atoms with E-state index in [4.69, 9.17) is 4.74 Å². The Morgan fingerprint density at radius 1 is 1.26 bits per heavy atom. The number of fused-ring (bicyclic) bond motifs is 1. The molecule has 1 aliphatic rings. The molecule has 0 saturated heterocycles. The Hall–Kier alpha value is -2.13. The average molecular weight is 397 g/mol. The van der Waals surface area contributed by atoms with Gasteiger partial charge in [0.25, 0.3) is 0 Å². The highest BCUT2D eigenvalue weighted by Gasteiger charge is 2.27. The first-order chi connectivity index (χ1) is 12.8. The Labute approximate surface area is 160 Å². The molecule has 0 spiro atoms. The number of nitrogens with zero attached hydrogens (tertiary/aromatic N) is 2. The van der Waals surface area contributed by atoms with Gasteiger partial charge in [-0.05, 0) is 25.2 Å². The Balaban J connectivity index is 2.07. The van der Waals surface area contributed by atoms with Gasteiger partial charge in [-0.3, -0.25) is 4.79 Å². The lowest BCUT2D eigenvalue weighted by Crippen LogP contribution is -2.44. The van der Waals surface area contributed by atoms with Crippen molar-refractivity contribution in [3.8, 4) is 5.75 Å². The van der Waals surface area contributed by atoms with Gasteiger partial charge in [0, 0.05) is 19.2 Å². The molecule has 1 aromatic carbocycles. The minimum absolute atomic E-state index is 0.000223. The van der Waals surface area contributed by atoms with Gasteiger partial charge in [-0.15, -0.1) is 0 Å². The van der Waals surface area contributed by atoms with Crippen LogP contribution in [0.4, 0.5) is 5.69 Å². The highest BCUT2D eigenvalue weighted by Crippen LogP contribution is 2.34. The van der Waals surface area contributed by atoms with Gasteiger partial charge >= 0.3 is 5.97 Å². The number of carbonyl (C=O) groups excluding carboxylic acids is 2. The Morgan fingerprint density at radius 2 is 1.96 bits per heavy atom. The highest BCUT2D eigenvalue weighted by atomic mass is 32.2. The number of sulfone groups is 1. The van der Waals surface area contributed by atoms with E-state index < -0.39 is 15.8 Å². The lowest BCUT2D eigenvalue weighted by Gasteiger charge is -2.29. The molecule has 1 heterocycles. The van der Waals surface area contributed by atoms with Crippen LogP contribution < -0.4 is 15.0 Å². The summed E-state index contributed by atoms with van der Waals surface area (Å²) in [7, 11) is -3.41. The maximum Gasteiger partial charge on any atom is 0.331 e. The lowest BCUT2D eigenvalue weighted by atomic mass is 10.2.